The predicted molar refractivity (Wildman–Crippen MR) is 76.9 cm³/mol. The number of carbonyl (C=O) groups excluding carboxylic acids is 1. The summed E-state index contributed by atoms with van der Waals surface area (Å²) in [5, 5.41) is 0.366. The van der Waals surface area contributed by atoms with Gasteiger partial charge >= 0.3 is 5.97 Å². The normalized spacial score (nSPS) is 12.2. The first-order chi connectivity index (χ1) is 9.49. The van der Waals surface area contributed by atoms with Crippen molar-refractivity contribution >= 4 is 32.8 Å². The van der Waals surface area contributed by atoms with Gasteiger partial charge in [0.1, 0.15) is 11.4 Å². The smallest absolute Gasteiger partial charge is 0.342 e. The molecule has 1 unspecified atom stereocenters. The Kier molecular flexibility index (Phi) is 4.23. The highest BCUT2D eigenvalue weighted by atomic mass is 79.9. The molecule has 0 aliphatic heterocycles. The summed E-state index contributed by atoms with van der Waals surface area (Å²) < 4.78 is 23.5. The summed E-state index contributed by atoms with van der Waals surface area (Å²) in [7, 11) is 2.71. The van der Waals surface area contributed by atoms with Crippen LogP contribution in [-0.4, -0.2) is 25.2 Å². The van der Waals surface area contributed by atoms with Crippen molar-refractivity contribution in [1.82, 2.24) is 4.98 Å². The van der Waals surface area contributed by atoms with Crippen LogP contribution in [0.2, 0.25) is 0 Å². The van der Waals surface area contributed by atoms with Gasteiger partial charge in [0.05, 0.1) is 30.3 Å². The van der Waals surface area contributed by atoms with E-state index in [1.165, 1.54) is 32.4 Å². The van der Waals surface area contributed by atoms with E-state index in [-0.39, 0.29) is 10.4 Å². The molecule has 20 heavy (non-hydrogen) atoms. The van der Waals surface area contributed by atoms with Gasteiger partial charge in [0, 0.05) is 5.39 Å². The Morgan fingerprint density at radius 3 is 2.65 bits per heavy atom. The number of ether oxygens (including phenoxy) is 2. The molecule has 1 atom stereocenters. The minimum absolute atomic E-state index is 0.129. The van der Waals surface area contributed by atoms with Gasteiger partial charge in [0.2, 0.25) is 0 Å². The van der Waals surface area contributed by atoms with E-state index in [4.69, 9.17) is 9.47 Å². The average molecular weight is 342 g/mol. The highest BCUT2D eigenvalue weighted by Gasteiger charge is 2.24. The summed E-state index contributed by atoms with van der Waals surface area (Å²) in [6.07, 6.45) is 0. The van der Waals surface area contributed by atoms with Crippen molar-refractivity contribution in [2.75, 3.05) is 14.2 Å². The lowest BCUT2D eigenvalue weighted by molar-refractivity contribution is 0.0599. The summed E-state index contributed by atoms with van der Waals surface area (Å²) >= 11 is 3.41. The van der Waals surface area contributed by atoms with Crippen LogP contribution in [0.15, 0.2) is 18.2 Å². The molecule has 0 N–H and O–H groups in total. The van der Waals surface area contributed by atoms with Gasteiger partial charge in [-0.25, -0.2) is 14.2 Å². The first-order valence-electron chi connectivity index (χ1n) is 5.89. The van der Waals surface area contributed by atoms with Crippen molar-refractivity contribution in [1.29, 1.82) is 0 Å². The molecule has 0 fully saturated rings. The standard InChI is InChI=1S/C14H13BrFNO3/c1-7(15)12-13(19-2)11(14(18)20-3)9-6-8(16)4-5-10(9)17-12/h4-7H,1-3H3. The number of esters is 1. The number of hydrogen-bond acceptors (Lipinski definition) is 4. The SMILES string of the molecule is COC(=O)c1c(OC)c(C(C)Br)nc2ccc(F)cc12. The van der Waals surface area contributed by atoms with E-state index in [2.05, 4.69) is 20.9 Å². The van der Waals surface area contributed by atoms with Crippen LogP contribution in [0.3, 0.4) is 0 Å². The monoisotopic (exact) mass is 341 g/mol. The number of pyridine rings is 1. The molecule has 0 bridgehead atoms. The van der Waals surface area contributed by atoms with Crippen molar-refractivity contribution in [3.05, 3.63) is 35.3 Å². The van der Waals surface area contributed by atoms with Crippen LogP contribution in [0.1, 0.15) is 27.8 Å². The Morgan fingerprint density at radius 2 is 2.10 bits per heavy atom. The fourth-order valence-electron chi connectivity index (χ4n) is 2.02. The number of halogens is 2. The second kappa shape index (κ2) is 5.75. The lowest BCUT2D eigenvalue weighted by atomic mass is 10.0. The minimum atomic E-state index is -0.589. The van der Waals surface area contributed by atoms with E-state index >= 15 is 0 Å². The van der Waals surface area contributed by atoms with Crippen molar-refractivity contribution < 1.29 is 18.7 Å². The summed E-state index contributed by atoms with van der Waals surface area (Å²) in [6, 6.07) is 4.07. The molecule has 0 saturated heterocycles. The third kappa shape index (κ3) is 2.47. The molecule has 1 heterocycles. The third-order valence-electron chi connectivity index (χ3n) is 2.90. The van der Waals surface area contributed by atoms with Crippen LogP contribution in [0.25, 0.3) is 10.9 Å². The number of aromatic nitrogens is 1. The Hall–Kier alpha value is -1.69. The molecule has 0 amide bonds. The molecule has 0 spiro atoms. The number of rotatable bonds is 3. The molecule has 106 valence electrons. The summed E-state index contributed by atoms with van der Waals surface area (Å²) in [4.78, 5) is 16.3. The number of nitrogens with zero attached hydrogens (tertiary/aromatic N) is 1. The van der Waals surface area contributed by atoms with Gasteiger partial charge in [-0.3, -0.25) is 0 Å². The first-order valence-corrected chi connectivity index (χ1v) is 6.80. The molecule has 0 aliphatic rings. The Labute approximate surface area is 124 Å². The lowest BCUT2D eigenvalue weighted by Crippen LogP contribution is -2.09. The number of fused-ring (bicyclic) bond motifs is 1. The molecule has 0 radical (unpaired) electrons. The maximum Gasteiger partial charge on any atom is 0.342 e. The Morgan fingerprint density at radius 1 is 1.40 bits per heavy atom. The molecule has 0 aliphatic carbocycles. The van der Waals surface area contributed by atoms with Gasteiger partial charge < -0.3 is 9.47 Å². The highest BCUT2D eigenvalue weighted by molar-refractivity contribution is 9.09. The van der Waals surface area contributed by atoms with Crippen molar-refractivity contribution in [3.8, 4) is 5.75 Å². The highest BCUT2D eigenvalue weighted by Crippen LogP contribution is 2.36. The summed E-state index contributed by atoms with van der Waals surface area (Å²) in [5.74, 6) is -0.750. The number of methoxy groups -OCH3 is 2. The summed E-state index contributed by atoms with van der Waals surface area (Å²) in [6.45, 7) is 1.86. The largest absolute Gasteiger partial charge is 0.494 e. The Balaban J connectivity index is 2.92. The Bertz CT molecular complexity index is 673. The lowest BCUT2D eigenvalue weighted by Gasteiger charge is -2.15. The number of hydrogen-bond donors (Lipinski definition) is 0. The molecule has 4 nitrogen and oxygen atoms in total. The van der Waals surface area contributed by atoms with E-state index in [1.54, 1.807) is 0 Å². The molecule has 1 aromatic carbocycles. The van der Waals surface area contributed by atoms with Crippen LogP contribution < -0.4 is 4.74 Å². The zero-order valence-corrected chi connectivity index (χ0v) is 12.8. The van der Waals surface area contributed by atoms with Crippen molar-refractivity contribution in [3.63, 3.8) is 0 Å². The fraction of sp³-hybridized carbons (Fsp3) is 0.286. The van der Waals surface area contributed by atoms with Crippen molar-refractivity contribution in [2.45, 2.75) is 11.8 Å². The molecular formula is C14H13BrFNO3. The predicted octanol–water partition coefficient (Wildman–Crippen LogP) is 3.63. The van der Waals surface area contributed by atoms with E-state index in [0.717, 1.165) is 0 Å². The molecular weight excluding hydrogens is 329 g/mol. The molecule has 6 heteroatoms. The van der Waals surface area contributed by atoms with Gasteiger partial charge in [-0.1, -0.05) is 15.9 Å². The quantitative estimate of drug-likeness (QED) is 0.631. The number of carbonyl (C=O) groups is 1. The van der Waals surface area contributed by atoms with Gasteiger partial charge in [0.15, 0.2) is 5.75 Å². The van der Waals surface area contributed by atoms with Crippen LogP contribution in [0.4, 0.5) is 4.39 Å². The van der Waals surface area contributed by atoms with Gasteiger partial charge in [-0.05, 0) is 25.1 Å². The van der Waals surface area contributed by atoms with Crippen LogP contribution >= 0.6 is 15.9 Å². The van der Waals surface area contributed by atoms with Crippen LogP contribution in [0, 0.1) is 5.82 Å². The van der Waals surface area contributed by atoms with Gasteiger partial charge in [-0.15, -0.1) is 0 Å². The van der Waals surface area contributed by atoms with E-state index in [9.17, 15) is 9.18 Å². The first kappa shape index (κ1) is 14.7. The summed E-state index contributed by atoms with van der Waals surface area (Å²) in [5.41, 5.74) is 1.25. The zero-order chi connectivity index (χ0) is 14.9. The van der Waals surface area contributed by atoms with E-state index < -0.39 is 11.8 Å². The number of benzene rings is 1. The maximum absolute atomic E-state index is 13.4. The number of alkyl halides is 1. The van der Waals surface area contributed by atoms with Crippen LogP contribution in [0.5, 0.6) is 5.75 Å². The average Bonchev–Trinajstić information content (AvgIpc) is 2.44. The van der Waals surface area contributed by atoms with E-state index in [0.29, 0.717) is 22.3 Å². The topological polar surface area (TPSA) is 48.4 Å². The molecule has 2 aromatic rings. The van der Waals surface area contributed by atoms with Gasteiger partial charge in [-0.2, -0.15) is 0 Å². The minimum Gasteiger partial charge on any atom is -0.494 e. The van der Waals surface area contributed by atoms with E-state index in [1.807, 2.05) is 6.92 Å². The maximum atomic E-state index is 13.4. The third-order valence-corrected chi connectivity index (χ3v) is 3.33. The molecule has 2 rings (SSSR count). The fourth-order valence-corrected chi connectivity index (χ4v) is 2.33. The van der Waals surface area contributed by atoms with Crippen molar-refractivity contribution in [2.24, 2.45) is 0 Å². The zero-order valence-electron chi connectivity index (χ0n) is 11.2. The van der Waals surface area contributed by atoms with Gasteiger partial charge in [0.25, 0.3) is 0 Å². The second-order valence-corrected chi connectivity index (χ2v) is 5.55. The molecule has 1 aromatic heterocycles. The molecule has 0 saturated carbocycles. The second-order valence-electron chi connectivity index (χ2n) is 4.17. The van der Waals surface area contributed by atoms with Crippen LogP contribution in [-0.2, 0) is 4.74 Å².